The van der Waals surface area contributed by atoms with E-state index in [1.54, 1.807) is 47.9 Å². The highest BCUT2D eigenvalue weighted by atomic mass is 32.1. The first kappa shape index (κ1) is 14.0. The second kappa shape index (κ2) is 6.20. The van der Waals surface area contributed by atoms with Crippen molar-refractivity contribution in [2.75, 3.05) is 0 Å². The maximum absolute atomic E-state index is 12.3. The number of nitrogens with zero attached hydrogens (tertiary/aromatic N) is 3. The molecule has 0 aliphatic rings. The van der Waals surface area contributed by atoms with Crippen molar-refractivity contribution in [1.82, 2.24) is 9.78 Å². The SMILES string of the molecule is N#Cc1cccc(C(=O)n2ccc(/C=C/c3cccs3)n2)c1. The zero-order valence-corrected chi connectivity index (χ0v) is 12.3. The van der Waals surface area contributed by atoms with Gasteiger partial charge in [0.05, 0.1) is 17.3 Å². The van der Waals surface area contributed by atoms with E-state index in [0.29, 0.717) is 16.8 Å². The number of nitriles is 1. The van der Waals surface area contributed by atoms with Crippen molar-refractivity contribution in [3.8, 4) is 6.07 Å². The third-order valence-electron chi connectivity index (χ3n) is 3.02. The smallest absolute Gasteiger partial charge is 0.267 e. The van der Waals surface area contributed by atoms with Gasteiger partial charge in [-0.15, -0.1) is 11.3 Å². The number of carbonyl (C=O) groups excluding carboxylic acids is 1. The van der Waals surface area contributed by atoms with Gasteiger partial charge in [0, 0.05) is 16.6 Å². The first-order chi connectivity index (χ1) is 10.8. The van der Waals surface area contributed by atoms with E-state index >= 15 is 0 Å². The number of rotatable bonds is 3. The zero-order chi connectivity index (χ0) is 15.4. The lowest BCUT2D eigenvalue weighted by atomic mass is 10.1. The number of hydrogen-bond acceptors (Lipinski definition) is 4. The van der Waals surface area contributed by atoms with Gasteiger partial charge < -0.3 is 0 Å². The summed E-state index contributed by atoms with van der Waals surface area (Å²) in [5.74, 6) is -0.257. The Bertz CT molecular complexity index is 869. The van der Waals surface area contributed by atoms with Crippen LogP contribution in [0.15, 0.2) is 54.0 Å². The van der Waals surface area contributed by atoms with Crippen LogP contribution >= 0.6 is 11.3 Å². The Morgan fingerprint density at radius 2 is 2.14 bits per heavy atom. The van der Waals surface area contributed by atoms with Crippen LogP contribution in [0.1, 0.15) is 26.5 Å². The predicted octanol–water partition coefficient (Wildman–Crippen LogP) is 3.68. The third kappa shape index (κ3) is 3.03. The first-order valence-electron chi connectivity index (χ1n) is 6.58. The molecule has 2 aromatic heterocycles. The molecule has 1 aromatic carbocycles. The molecule has 0 spiro atoms. The van der Waals surface area contributed by atoms with Crippen LogP contribution in [0.2, 0.25) is 0 Å². The standard InChI is InChI=1S/C17H11N3OS/c18-12-13-3-1-4-14(11-13)17(21)20-9-8-15(19-20)6-7-16-5-2-10-22-16/h1-11H/b7-6+. The average Bonchev–Trinajstić information content (AvgIpc) is 3.23. The van der Waals surface area contributed by atoms with Crippen LogP contribution < -0.4 is 0 Å². The lowest BCUT2D eigenvalue weighted by molar-refractivity contribution is 0.0945. The Hall–Kier alpha value is -2.97. The summed E-state index contributed by atoms with van der Waals surface area (Å²) in [7, 11) is 0. The maximum Gasteiger partial charge on any atom is 0.278 e. The van der Waals surface area contributed by atoms with Crippen LogP contribution in [-0.2, 0) is 0 Å². The quantitative estimate of drug-likeness (QED) is 0.741. The first-order valence-corrected chi connectivity index (χ1v) is 7.46. The average molecular weight is 305 g/mol. The van der Waals surface area contributed by atoms with Crippen molar-refractivity contribution < 1.29 is 4.79 Å². The number of carbonyl (C=O) groups is 1. The summed E-state index contributed by atoms with van der Waals surface area (Å²) in [5, 5.41) is 15.1. The molecular weight excluding hydrogens is 294 g/mol. The van der Waals surface area contributed by atoms with Gasteiger partial charge in [-0.05, 0) is 47.9 Å². The fourth-order valence-corrected chi connectivity index (χ4v) is 2.57. The number of aromatic nitrogens is 2. The molecule has 0 radical (unpaired) electrons. The van der Waals surface area contributed by atoms with Gasteiger partial charge in [0.15, 0.2) is 0 Å². The maximum atomic E-state index is 12.3. The van der Waals surface area contributed by atoms with Crippen LogP contribution in [0.4, 0.5) is 0 Å². The Morgan fingerprint density at radius 1 is 1.23 bits per heavy atom. The molecule has 0 N–H and O–H groups in total. The fraction of sp³-hybridized carbons (Fsp3) is 0. The summed E-state index contributed by atoms with van der Waals surface area (Å²) in [6.45, 7) is 0. The van der Waals surface area contributed by atoms with Crippen molar-refractivity contribution in [2.24, 2.45) is 0 Å². The van der Waals surface area contributed by atoms with Crippen molar-refractivity contribution in [3.05, 3.63) is 75.7 Å². The molecule has 0 bridgehead atoms. The number of benzene rings is 1. The van der Waals surface area contributed by atoms with E-state index in [-0.39, 0.29) is 5.91 Å². The molecule has 0 fully saturated rings. The van der Waals surface area contributed by atoms with Gasteiger partial charge in [-0.2, -0.15) is 10.4 Å². The van der Waals surface area contributed by atoms with Crippen LogP contribution in [-0.4, -0.2) is 15.7 Å². The van der Waals surface area contributed by atoms with E-state index in [4.69, 9.17) is 5.26 Å². The molecule has 4 nitrogen and oxygen atoms in total. The topological polar surface area (TPSA) is 58.7 Å². The van der Waals surface area contributed by atoms with Crippen LogP contribution in [0.3, 0.4) is 0 Å². The van der Waals surface area contributed by atoms with Crippen molar-refractivity contribution in [2.45, 2.75) is 0 Å². The third-order valence-corrected chi connectivity index (χ3v) is 3.86. The van der Waals surface area contributed by atoms with E-state index in [9.17, 15) is 4.79 Å². The van der Waals surface area contributed by atoms with Crippen LogP contribution in [0.25, 0.3) is 12.2 Å². The Morgan fingerprint density at radius 3 is 2.91 bits per heavy atom. The molecule has 0 amide bonds. The largest absolute Gasteiger partial charge is 0.278 e. The summed E-state index contributed by atoms with van der Waals surface area (Å²) >= 11 is 1.64. The van der Waals surface area contributed by atoms with Gasteiger partial charge in [0.2, 0.25) is 0 Å². The van der Waals surface area contributed by atoms with Gasteiger partial charge in [-0.3, -0.25) is 4.79 Å². The van der Waals surface area contributed by atoms with Gasteiger partial charge in [0.1, 0.15) is 0 Å². The van der Waals surface area contributed by atoms with Crippen molar-refractivity contribution in [1.29, 1.82) is 5.26 Å². The van der Waals surface area contributed by atoms with E-state index in [0.717, 1.165) is 4.88 Å². The predicted molar refractivity (Wildman–Crippen MR) is 86.4 cm³/mol. The lowest BCUT2D eigenvalue weighted by Gasteiger charge is -2.00. The molecular formula is C17H11N3OS. The van der Waals surface area contributed by atoms with E-state index in [1.807, 2.05) is 35.7 Å². The highest BCUT2D eigenvalue weighted by Gasteiger charge is 2.10. The number of thiophene rings is 1. The summed E-state index contributed by atoms with van der Waals surface area (Å²) in [6, 6.07) is 14.4. The van der Waals surface area contributed by atoms with Crippen LogP contribution in [0, 0.1) is 11.3 Å². The fourth-order valence-electron chi connectivity index (χ4n) is 1.95. The van der Waals surface area contributed by atoms with Crippen molar-refractivity contribution in [3.63, 3.8) is 0 Å². The summed E-state index contributed by atoms with van der Waals surface area (Å²) in [4.78, 5) is 13.5. The second-order valence-corrected chi connectivity index (χ2v) is 5.51. The summed E-state index contributed by atoms with van der Waals surface area (Å²) in [5.41, 5.74) is 1.60. The monoisotopic (exact) mass is 305 g/mol. The van der Waals surface area contributed by atoms with E-state index in [1.165, 1.54) is 4.68 Å². The van der Waals surface area contributed by atoms with Gasteiger partial charge >= 0.3 is 0 Å². The highest BCUT2D eigenvalue weighted by Crippen LogP contribution is 2.13. The molecule has 5 heteroatoms. The normalized spacial score (nSPS) is 10.7. The molecule has 3 aromatic rings. The second-order valence-electron chi connectivity index (χ2n) is 4.53. The molecule has 0 unspecified atom stereocenters. The van der Waals surface area contributed by atoms with Crippen molar-refractivity contribution >= 4 is 29.4 Å². The minimum atomic E-state index is -0.257. The van der Waals surface area contributed by atoms with Gasteiger partial charge in [0.25, 0.3) is 5.91 Å². The molecule has 0 aliphatic heterocycles. The molecule has 0 atom stereocenters. The van der Waals surface area contributed by atoms with E-state index < -0.39 is 0 Å². The zero-order valence-electron chi connectivity index (χ0n) is 11.5. The molecule has 2 heterocycles. The molecule has 0 saturated carbocycles. The van der Waals surface area contributed by atoms with Gasteiger partial charge in [-0.1, -0.05) is 12.1 Å². The van der Waals surface area contributed by atoms with E-state index in [2.05, 4.69) is 5.10 Å². The molecule has 22 heavy (non-hydrogen) atoms. The number of hydrogen-bond donors (Lipinski definition) is 0. The van der Waals surface area contributed by atoms with Gasteiger partial charge in [-0.25, -0.2) is 4.68 Å². The molecule has 106 valence electrons. The van der Waals surface area contributed by atoms with Crippen LogP contribution in [0.5, 0.6) is 0 Å². The Balaban J connectivity index is 1.81. The Labute approximate surface area is 131 Å². The molecule has 3 rings (SSSR count). The highest BCUT2D eigenvalue weighted by molar-refractivity contribution is 7.10. The molecule has 0 saturated heterocycles. The minimum absolute atomic E-state index is 0.257. The summed E-state index contributed by atoms with van der Waals surface area (Å²) in [6.07, 6.45) is 5.44. The molecule has 0 aliphatic carbocycles. The lowest BCUT2D eigenvalue weighted by Crippen LogP contribution is -2.12. The summed E-state index contributed by atoms with van der Waals surface area (Å²) < 4.78 is 1.28. The Kier molecular flexibility index (Phi) is 3.95. The minimum Gasteiger partial charge on any atom is -0.267 e.